The zero-order valence-electron chi connectivity index (χ0n) is 19.5. The van der Waals surface area contributed by atoms with Crippen LogP contribution in [0, 0.1) is 5.92 Å². The number of benzene rings is 2. The number of hydrogen-bond acceptors (Lipinski definition) is 6. The Morgan fingerprint density at radius 3 is 2.62 bits per heavy atom. The summed E-state index contributed by atoms with van der Waals surface area (Å²) in [5.41, 5.74) is 3.35. The van der Waals surface area contributed by atoms with Gasteiger partial charge in [-0.3, -0.25) is 9.69 Å². The van der Waals surface area contributed by atoms with E-state index in [0.717, 1.165) is 75.5 Å². The SMILES string of the molecule is COc1ccccc1N1CCN(CCCC2CCc3onc(-c4ccc(Cl)cc4)c3C2=O)CC1. The topological polar surface area (TPSA) is 58.8 Å². The van der Waals surface area contributed by atoms with E-state index in [1.807, 2.05) is 36.4 Å². The Morgan fingerprint density at radius 2 is 1.85 bits per heavy atom. The minimum atomic E-state index is 0.0350. The second-order valence-corrected chi connectivity index (χ2v) is 9.52. The first-order valence-corrected chi connectivity index (χ1v) is 12.4. The van der Waals surface area contributed by atoms with Crippen LogP contribution in [0.2, 0.25) is 5.02 Å². The van der Waals surface area contributed by atoms with Crippen molar-refractivity contribution in [3.05, 3.63) is 64.9 Å². The van der Waals surface area contributed by atoms with Gasteiger partial charge in [0.05, 0.1) is 18.4 Å². The molecule has 5 rings (SSSR count). The number of fused-ring (bicyclic) bond motifs is 1. The number of hydrogen-bond donors (Lipinski definition) is 0. The van der Waals surface area contributed by atoms with E-state index in [0.29, 0.717) is 16.3 Å². The van der Waals surface area contributed by atoms with Gasteiger partial charge in [0.15, 0.2) is 5.78 Å². The Balaban J connectivity index is 1.15. The van der Waals surface area contributed by atoms with Crippen molar-refractivity contribution in [3.8, 4) is 17.0 Å². The third kappa shape index (κ3) is 4.70. The fourth-order valence-corrected chi connectivity index (χ4v) is 5.26. The Bertz CT molecular complexity index is 1140. The van der Waals surface area contributed by atoms with Gasteiger partial charge in [0, 0.05) is 49.1 Å². The molecule has 0 saturated carbocycles. The number of para-hydroxylation sites is 2. The van der Waals surface area contributed by atoms with Crippen molar-refractivity contribution in [2.24, 2.45) is 5.92 Å². The molecule has 0 N–H and O–H groups in total. The number of rotatable bonds is 7. The van der Waals surface area contributed by atoms with E-state index in [1.54, 1.807) is 7.11 Å². The molecular formula is C27H30ClN3O3. The zero-order valence-corrected chi connectivity index (χ0v) is 20.3. The third-order valence-electron chi connectivity index (χ3n) is 7.04. The minimum absolute atomic E-state index is 0.0350. The molecule has 1 aromatic heterocycles. The maximum absolute atomic E-state index is 13.3. The number of piperazine rings is 1. The van der Waals surface area contributed by atoms with Gasteiger partial charge in [-0.2, -0.15) is 0 Å². The van der Waals surface area contributed by atoms with Crippen LogP contribution in [-0.2, 0) is 6.42 Å². The van der Waals surface area contributed by atoms with Gasteiger partial charge in [0.25, 0.3) is 0 Å². The number of aromatic nitrogens is 1. The summed E-state index contributed by atoms with van der Waals surface area (Å²) in [4.78, 5) is 18.2. The number of carbonyl (C=O) groups is 1. The van der Waals surface area contributed by atoms with Crippen molar-refractivity contribution in [2.45, 2.75) is 25.7 Å². The van der Waals surface area contributed by atoms with E-state index in [2.05, 4.69) is 27.1 Å². The quantitative estimate of drug-likeness (QED) is 0.455. The van der Waals surface area contributed by atoms with Crippen LogP contribution >= 0.6 is 11.6 Å². The van der Waals surface area contributed by atoms with Crippen molar-refractivity contribution in [2.75, 3.05) is 44.7 Å². The highest BCUT2D eigenvalue weighted by Gasteiger charge is 2.34. The predicted octanol–water partition coefficient (Wildman–Crippen LogP) is 5.35. The summed E-state index contributed by atoms with van der Waals surface area (Å²) in [5, 5.41) is 4.88. The lowest BCUT2D eigenvalue weighted by Gasteiger charge is -2.36. The third-order valence-corrected chi connectivity index (χ3v) is 7.29. The fraction of sp³-hybridized carbons (Fsp3) is 0.407. The molecule has 2 aliphatic rings. The van der Waals surface area contributed by atoms with Crippen LogP contribution in [0.5, 0.6) is 5.75 Å². The Labute approximate surface area is 205 Å². The first-order chi connectivity index (χ1) is 16.6. The average Bonchev–Trinajstić information content (AvgIpc) is 3.31. The molecule has 0 amide bonds. The lowest BCUT2D eigenvalue weighted by molar-refractivity contribution is 0.0884. The molecule has 6 nitrogen and oxygen atoms in total. The van der Waals surface area contributed by atoms with Gasteiger partial charge in [0.2, 0.25) is 0 Å². The number of methoxy groups -OCH3 is 1. The summed E-state index contributed by atoms with van der Waals surface area (Å²) in [6, 6.07) is 15.6. The van der Waals surface area contributed by atoms with Crippen LogP contribution in [0.1, 0.15) is 35.4 Å². The molecule has 1 aliphatic carbocycles. The zero-order chi connectivity index (χ0) is 23.5. The maximum Gasteiger partial charge on any atom is 0.171 e. The highest BCUT2D eigenvalue weighted by molar-refractivity contribution is 6.30. The monoisotopic (exact) mass is 479 g/mol. The summed E-state index contributed by atoms with van der Waals surface area (Å²) in [6.07, 6.45) is 3.52. The highest BCUT2D eigenvalue weighted by atomic mass is 35.5. The summed E-state index contributed by atoms with van der Waals surface area (Å²) < 4.78 is 11.1. The van der Waals surface area contributed by atoms with Crippen LogP contribution in [-0.4, -0.2) is 55.7 Å². The lowest BCUT2D eigenvalue weighted by Crippen LogP contribution is -2.46. The molecule has 1 saturated heterocycles. The summed E-state index contributed by atoms with van der Waals surface area (Å²) >= 11 is 6.02. The minimum Gasteiger partial charge on any atom is -0.495 e. The summed E-state index contributed by atoms with van der Waals surface area (Å²) in [5.74, 6) is 1.86. The van der Waals surface area contributed by atoms with Crippen molar-refractivity contribution < 1.29 is 14.1 Å². The van der Waals surface area contributed by atoms with Gasteiger partial charge in [-0.15, -0.1) is 0 Å². The molecule has 7 heteroatoms. The number of halogens is 1. The van der Waals surface area contributed by atoms with Gasteiger partial charge >= 0.3 is 0 Å². The highest BCUT2D eigenvalue weighted by Crippen LogP contribution is 2.35. The smallest absolute Gasteiger partial charge is 0.171 e. The molecule has 1 aliphatic heterocycles. The van der Waals surface area contributed by atoms with Crippen molar-refractivity contribution >= 4 is 23.1 Å². The van der Waals surface area contributed by atoms with Gasteiger partial charge in [-0.1, -0.05) is 41.0 Å². The summed E-state index contributed by atoms with van der Waals surface area (Å²) in [7, 11) is 1.72. The van der Waals surface area contributed by atoms with Crippen molar-refractivity contribution in [3.63, 3.8) is 0 Å². The van der Waals surface area contributed by atoms with Crippen LogP contribution in [0.3, 0.4) is 0 Å². The maximum atomic E-state index is 13.3. The number of anilines is 1. The summed E-state index contributed by atoms with van der Waals surface area (Å²) in [6.45, 7) is 5.03. The standard InChI is InChI=1S/C27H30ClN3O3/c1-33-23-7-3-2-6-22(23)31-17-15-30(16-18-31)14-4-5-20-10-13-24-25(27(20)32)26(29-34-24)19-8-11-21(28)12-9-19/h2-3,6-9,11-12,20H,4-5,10,13-18H2,1H3. The lowest BCUT2D eigenvalue weighted by atomic mass is 9.82. The average molecular weight is 480 g/mol. The van der Waals surface area contributed by atoms with Crippen LogP contribution < -0.4 is 9.64 Å². The first kappa shape index (κ1) is 22.9. The van der Waals surface area contributed by atoms with E-state index in [9.17, 15) is 4.79 Å². The molecule has 0 bridgehead atoms. The van der Waals surface area contributed by atoms with Crippen LogP contribution in [0.25, 0.3) is 11.3 Å². The molecule has 1 unspecified atom stereocenters. The molecule has 178 valence electrons. The van der Waals surface area contributed by atoms with Gasteiger partial charge in [0.1, 0.15) is 17.2 Å². The fourth-order valence-electron chi connectivity index (χ4n) is 5.13. The Kier molecular flexibility index (Phi) is 6.88. The van der Waals surface area contributed by atoms with Crippen molar-refractivity contribution in [1.29, 1.82) is 0 Å². The second-order valence-electron chi connectivity index (χ2n) is 9.08. The first-order valence-electron chi connectivity index (χ1n) is 12.0. The normalized spacial score (nSPS) is 18.7. The van der Waals surface area contributed by atoms with E-state index in [1.165, 1.54) is 5.69 Å². The number of nitrogens with zero attached hydrogens (tertiary/aromatic N) is 3. The molecule has 34 heavy (non-hydrogen) atoms. The molecule has 0 radical (unpaired) electrons. The predicted molar refractivity (Wildman–Crippen MR) is 134 cm³/mol. The van der Waals surface area contributed by atoms with E-state index >= 15 is 0 Å². The van der Waals surface area contributed by atoms with Gasteiger partial charge in [-0.05, 0) is 50.1 Å². The number of Topliss-reactive ketones (excluding diaryl/α,β-unsaturated/α-hetero) is 1. The van der Waals surface area contributed by atoms with E-state index in [4.69, 9.17) is 20.9 Å². The molecule has 1 fully saturated rings. The van der Waals surface area contributed by atoms with E-state index in [-0.39, 0.29) is 11.7 Å². The largest absolute Gasteiger partial charge is 0.495 e. The number of aryl methyl sites for hydroxylation is 1. The number of ether oxygens (including phenoxy) is 1. The van der Waals surface area contributed by atoms with E-state index < -0.39 is 0 Å². The Morgan fingerprint density at radius 1 is 1.09 bits per heavy atom. The number of ketones is 1. The molecule has 2 heterocycles. The van der Waals surface area contributed by atoms with Crippen LogP contribution in [0.15, 0.2) is 53.1 Å². The second kappa shape index (κ2) is 10.2. The Hall–Kier alpha value is -2.83. The van der Waals surface area contributed by atoms with Gasteiger partial charge in [-0.25, -0.2) is 0 Å². The molecule has 3 aromatic rings. The molecule has 1 atom stereocenters. The molecule has 0 spiro atoms. The number of carbonyl (C=O) groups excluding carboxylic acids is 1. The van der Waals surface area contributed by atoms with Crippen molar-refractivity contribution in [1.82, 2.24) is 10.1 Å². The van der Waals surface area contributed by atoms with Gasteiger partial charge < -0.3 is 14.2 Å². The van der Waals surface area contributed by atoms with Crippen LogP contribution in [0.4, 0.5) is 5.69 Å². The molecular weight excluding hydrogens is 450 g/mol. The molecule has 2 aromatic carbocycles.